The lowest BCUT2D eigenvalue weighted by molar-refractivity contribution is -0.129. The largest absolute Gasteiger partial charge is 0.333 e. The van der Waals surface area contributed by atoms with E-state index in [4.69, 9.17) is 0 Å². The van der Waals surface area contributed by atoms with Gasteiger partial charge < -0.3 is 10.2 Å². The molecule has 0 saturated carbocycles. The highest BCUT2D eigenvalue weighted by atomic mass is 32.2. The number of nitrogens with one attached hydrogen (secondary N) is 1. The number of carbonyl (C=O) groups is 2. The number of amides is 2. The number of hydrogen-bond donors (Lipinski definition) is 1. The minimum Gasteiger partial charge on any atom is -0.333 e. The Kier molecular flexibility index (Phi) is 6.57. The van der Waals surface area contributed by atoms with E-state index in [0.29, 0.717) is 5.69 Å². The van der Waals surface area contributed by atoms with E-state index < -0.39 is 0 Å². The lowest BCUT2D eigenvalue weighted by Gasteiger charge is -2.14. The number of halogens is 1. The lowest BCUT2D eigenvalue weighted by atomic mass is 10.3. The van der Waals surface area contributed by atoms with Crippen molar-refractivity contribution < 1.29 is 14.0 Å². The smallest absolute Gasteiger partial charge is 0.247 e. The van der Waals surface area contributed by atoms with Crippen LogP contribution < -0.4 is 5.32 Å². The van der Waals surface area contributed by atoms with Gasteiger partial charge in [0.15, 0.2) is 0 Å². The van der Waals surface area contributed by atoms with Crippen LogP contribution in [0.5, 0.6) is 0 Å². The molecule has 0 saturated heterocycles. The van der Waals surface area contributed by atoms with Gasteiger partial charge in [-0.25, -0.2) is 4.39 Å². The summed E-state index contributed by atoms with van der Waals surface area (Å²) < 4.78 is 12.8. The standard InChI is InChI=1S/C18H17FN2O2S/c1-21(13-17(22)20-15-9-7-14(19)8-10-15)18(23)11-12-24-16-5-3-2-4-6-16/h2-12H,13H2,1H3,(H,20,22)/b12-11+. The molecule has 0 fully saturated rings. The molecule has 6 heteroatoms. The van der Waals surface area contributed by atoms with Crippen LogP contribution in [0.4, 0.5) is 10.1 Å². The van der Waals surface area contributed by atoms with E-state index in [9.17, 15) is 14.0 Å². The zero-order valence-electron chi connectivity index (χ0n) is 13.1. The quantitative estimate of drug-likeness (QED) is 0.644. The second kappa shape index (κ2) is 8.88. The molecule has 24 heavy (non-hydrogen) atoms. The lowest BCUT2D eigenvalue weighted by Crippen LogP contribution is -2.33. The van der Waals surface area contributed by atoms with Crippen molar-refractivity contribution in [2.75, 3.05) is 18.9 Å². The average molecular weight is 344 g/mol. The fourth-order valence-corrected chi connectivity index (χ4v) is 2.48. The first-order valence-electron chi connectivity index (χ1n) is 7.23. The van der Waals surface area contributed by atoms with Crippen molar-refractivity contribution in [2.24, 2.45) is 0 Å². The fraction of sp³-hybridized carbons (Fsp3) is 0.111. The maximum Gasteiger partial charge on any atom is 0.247 e. The first-order chi connectivity index (χ1) is 11.5. The van der Waals surface area contributed by atoms with E-state index in [1.165, 1.54) is 47.0 Å². The van der Waals surface area contributed by atoms with Gasteiger partial charge in [0.25, 0.3) is 0 Å². The Labute approximate surface area is 144 Å². The number of thioether (sulfide) groups is 1. The highest BCUT2D eigenvalue weighted by molar-refractivity contribution is 8.02. The summed E-state index contributed by atoms with van der Waals surface area (Å²) in [6.45, 7) is -0.0868. The van der Waals surface area contributed by atoms with Gasteiger partial charge in [0.05, 0.1) is 6.54 Å². The van der Waals surface area contributed by atoms with Gasteiger partial charge in [-0.05, 0) is 41.8 Å². The van der Waals surface area contributed by atoms with Gasteiger partial charge in [-0.15, -0.1) is 0 Å². The summed E-state index contributed by atoms with van der Waals surface area (Å²) in [4.78, 5) is 26.2. The molecule has 0 bridgehead atoms. The summed E-state index contributed by atoms with van der Waals surface area (Å²) in [5.74, 6) is -0.990. The van der Waals surface area contributed by atoms with E-state index in [2.05, 4.69) is 5.32 Å². The highest BCUT2D eigenvalue weighted by Crippen LogP contribution is 2.17. The summed E-state index contributed by atoms with van der Waals surface area (Å²) >= 11 is 1.42. The molecule has 0 radical (unpaired) electrons. The molecule has 0 spiro atoms. The van der Waals surface area contributed by atoms with Crippen LogP contribution in [0, 0.1) is 5.82 Å². The molecule has 2 amide bonds. The zero-order valence-corrected chi connectivity index (χ0v) is 13.9. The van der Waals surface area contributed by atoms with E-state index in [0.717, 1.165) is 4.90 Å². The molecule has 1 N–H and O–H groups in total. The summed E-state index contributed by atoms with van der Waals surface area (Å²) in [7, 11) is 1.55. The Balaban J connectivity index is 1.80. The van der Waals surface area contributed by atoms with Crippen LogP contribution in [-0.4, -0.2) is 30.3 Å². The second-order valence-corrected chi connectivity index (χ2v) is 5.96. The predicted octanol–water partition coefficient (Wildman–Crippen LogP) is 3.53. The van der Waals surface area contributed by atoms with Crippen molar-refractivity contribution in [1.29, 1.82) is 0 Å². The monoisotopic (exact) mass is 344 g/mol. The molecule has 124 valence electrons. The number of carbonyl (C=O) groups excluding carboxylic acids is 2. The van der Waals surface area contributed by atoms with Crippen molar-refractivity contribution in [1.82, 2.24) is 4.90 Å². The Bertz CT molecular complexity index is 718. The highest BCUT2D eigenvalue weighted by Gasteiger charge is 2.10. The van der Waals surface area contributed by atoms with E-state index in [1.807, 2.05) is 30.3 Å². The molecule has 4 nitrogen and oxygen atoms in total. The number of anilines is 1. The van der Waals surface area contributed by atoms with Gasteiger partial charge in [-0.1, -0.05) is 30.0 Å². The van der Waals surface area contributed by atoms with Crippen LogP contribution in [0.15, 0.2) is 71.0 Å². The third-order valence-corrected chi connectivity index (χ3v) is 3.86. The predicted molar refractivity (Wildman–Crippen MR) is 94.1 cm³/mol. The van der Waals surface area contributed by atoms with E-state index in [1.54, 1.807) is 12.5 Å². The van der Waals surface area contributed by atoms with Crippen LogP contribution in [0.1, 0.15) is 0 Å². The molecule has 0 unspecified atom stereocenters. The van der Waals surface area contributed by atoms with Gasteiger partial charge >= 0.3 is 0 Å². The van der Waals surface area contributed by atoms with Crippen molar-refractivity contribution >= 4 is 29.3 Å². The van der Waals surface area contributed by atoms with Crippen LogP contribution in [0.25, 0.3) is 0 Å². The van der Waals surface area contributed by atoms with Crippen LogP contribution in [-0.2, 0) is 9.59 Å². The summed E-state index contributed by atoms with van der Waals surface area (Å²) in [5, 5.41) is 4.29. The van der Waals surface area contributed by atoms with E-state index in [-0.39, 0.29) is 24.2 Å². The number of hydrogen-bond acceptors (Lipinski definition) is 3. The third kappa shape index (κ3) is 5.89. The van der Waals surface area contributed by atoms with Crippen LogP contribution in [0.2, 0.25) is 0 Å². The van der Waals surface area contributed by atoms with Gasteiger partial charge in [-0.3, -0.25) is 9.59 Å². The summed E-state index contributed by atoms with van der Waals surface area (Å²) in [5.41, 5.74) is 0.484. The average Bonchev–Trinajstić information content (AvgIpc) is 2.57. The number of likely N-dealkylation sites (N-methyl/N-ethyl adjacent to an activating group) is 1. The van der Waals surface area contributed by atoms with Crippen LogP contribution in [0.3, 0.4) is 0 Å². The minimum atomic E-state index is -0.374. The van der Waals surface area contributed by atoms with Gasteiger partial charge in [0, 0.05) is 23.7 Å². The molecular weight excluding hydrogens is 327 g/mol. The third-order valence-electron chi connectivity index (χ3n) is 3.04. The topological polar surface area (TPSA) is 49.4 Å². The van der Waals surface area contributed by atoms with E-state index >= 15 is 0 Å². The molecule has 2 rings (SSSR count). The zero-order chi connectivity index (χ0) is 17.4. The SMILES string of the molecule is CN(CC(=O)Nc1ccc(F)cc1)C(=O)/C=C/Sc1ccccc1. The molecule has 0 aliphatic rings. The van der Waals surface area contributed by atoms with Gasteiger partial charge in [-0.2, -0.15) is 0 Å². The first kappa shape index (κ1) is 17.7. The Morgan fingerprint density at radius 3 is 2.46 bits per heavy atom. The Hall–Kier alpha value is -2.60. The molecule has 0 aliphatic carbocycles. The summed E-state index contributed by atoms with van der Waals surface area (Å²) in [6, 6.07) is 15.1. The molecule has 2 aromatic rings. The summed E-state index contributed by atoms with van der Waals surface area (Å²) in [6.07, 6.45) is 1.42. The molecular formula is C18H17FN2O2S. The van der Waals surface area contributed by atoms with Gasteiger partial charge in [0.2, 0.25) is 11.8 Å². The second-order valence-electron chi connectivity index (χ2n) is 4.98. The fourth-order valence-electron chi connectivity index (χ4n) is 1.82. The number of benzene rings is 2. The Morgan fingerprint density at radius 2 is 1.79 bits per heavy atom. The van der Waals surface area contributed by atoms with Crippen molar-refractivity contribution in [2.45, 2.75) is 4.90 Å². The number of rotatable bonds is 6. The number of nitrogens with zero attached hydrogens (tertiary/aromatic N) is 1. The first-order valence-corrected chi connectivity index (χ1v) is 8.11. The molecule has 2 aromatic carbocycles. The van der Waals surface area contributed by atoms with Crippen molar-refractivity contribution in [3.05, 3.63) is 71.9 Å². The maximum atomic E-state index is 12.8. The van der Waals surface area contributed by atoms with Gasteiger partial charge in [0.1, 0.15) is 5.82 Å². The minimum absolute atomic E-state index is 0.0868. The van der Waals surface area contributed by atoms with Crippen molar-refractivity contribution in [3.8, 4) is 0 Å². The molecule has 0 aromatic heterocycles. The molecule has 0 heterocycles. The van der Waals surface area contributed by atoms with Crippen LogP contribution >= 0.6 is 11.8 Å². The maximum absolute atomic E-state index is 12.8. The molecule has 0 atom stereocenters. The van der Waals surface area contributed by atoms with Crippen molar-refractivity contribution in [3.63, 3.8) is 0 Å². The normalized spacial score (nSPS) is 10.6. The molecule has 0 aliphatic heterocycles. The Morgan fingerprint density at radius 1 is 1.12 bits per heavy atom.